The van der Waals surface area contributed by atoms with Crippen molar-refractivity contribution in [2.75, 3.05) is 4.90 Å². The zero-order valence-corrected chi connectivity index (χ0v) is 29.3. The van der Waals surface area contributed by atoms with Crippen molar-refractivity contribution in [3.8, 4) is 55.6 Å². The van der Waals surface area contributed by atoms with Crippen LogP contribution in [0.2, 0.25) is 0 Å². The molecule has 9 aromatic carbocycles. The molecule has 0 aliphatic carbocycles. The van der Waals surface area contributed by atoms with Crippen LogP contribution in [0.3, 0.4) is 0 Å². The van der Waals surface area contributed by atoms with Gasteiger partial charge in [-0.3, -0.25) is 0 Å². The van der Waals surface area contributed by atoms with Crippen LogP contribution in [0.1, 0.15) is 0 Å². The van der Waals surface area contributed by atoms with E-state index in [2.05, 4.69) is 229 Å². The third-order valence-electron chi connectivity index (χ3n) is 10.0. The summed E-state index contributed by atoms with van der Waals surface area (Å²) in [5, 5.41) is 2.49. The second-order valence-electron chi connectivity index (χ2n) is 13.4. The van der Waals surface area contributed by atoms with E-state index in [1.54, 1.807) is 0 Å². The topological polar surface area (TPSA) is 3.24 Å². The number of hydrogen-bond acceptors (Lipinski definition) is 1. The third-order valence-corrected chi connectivity index (χ3v) is 10.0. The standard InChI is InChI=1S/C52H37N/c1-4-16-38(17-5-1)44-34-45(39-18-6-2-7-19-39)36-46(35-44)40-30-32-47(33-31-40)53(52-29-13-12-27-51(52)42-20-8-3-9-21-42)48-25-14-24-43(37-48)50-28-15-23-41-22-10-11-26-49(41)50/h1-37H. The van der Waals surface area contributed by atoms with E-state index >= 15 is 0 Å². The quantitative estimate of drug-likeness (QED) is 0.155. The number of rotatable bonds is 8. The fraction of sp³-hybridized carbons (Fsp3) is 0. The predicted molar refractivity (Wildman–Crippen MR) is 226 cm³/mol. The number of para-hydroxylation sites is 1. The summed E-state index contributed by atoms with van der Waals surface area (Å²) in [5.74, 6) is 0. The maximum atomic E-state index is 2.40. The van der Waals surface area contributed by atoms with Gasteiger partial charge in [0.1, 0.15) is 0 Å². The van der Waals surface area contributed by atoms with Gasteiger partial charge in [-0.2, -0.15) is 0 Å². The van der Waals surface area contributed by atoms with Crippen LogP contribution in [-0.4, -0.2) is 0 Å². The van der Waals surface area contributed by atoms with Crippen molar-refractivity contribution in [1.29, 1.82) is 0 Å². The molecular formula is C52H37N. The minimum absolute atomic E-state index is 1.09. The summed E-state index contributed by atoms with van der Waals surface area (Å²) in [7, 11) is 0. The van der Waals surface area contributed by atoms with E-state index in [4.69, 9.17) is 0 Å². The molecule has 0 unspecified atom stereocenters. The van der Waals surface area contributed by atoms with Gasteiger partial charge in [0.2, 0.25) is 0 Å². The Bertz CT molecular complexity index is 2580. The van der Waals surface area contributed by atoms with Gasteiger partial charge >= 0.3 is 0 Å². The molecule has 0 aromatic heterocycles. The Labute approximate surface area is 311 Å². The Balaban J connectivity index is 1.18. The molecule has 0 spiro atoms. The monoisotopic (exact) mass is 675 g/mol. The molecule has 0 saturated heterocycles. The van der Waals surface area contributed by atoms with Crippen LogP contribution in [0.4, 0.5) is 17.1 Å². The van der Waals surface area contributed by atoms with Crippen molar-refractivity contribution in [3.05, 3.63) is 224 Å². The maximum absolute atomic E-state index is 2.40. The summed E-state index contributed by atoms with van der Waals surface area (Å²) >= 11 is 0. The molecule has 0 atom stereocenters. The molecule has 0 aliphatic rings. The van der Waals surface area contributed by atoms with Crippen LogP contribution in [-0.2, 0) is 0 Å². The van der Waals surface area contributed by atoms with Crippen molar-refractivity contribution >= 4 is 27.8 Å². The highest BCUT2D eigenvalue weighted by Gasteiger charge is 2.18. The van der Waals surface area contributed by atoms with Gasteiger partial charge in [0, 0.05) is 16.9 Å². The molecular weight excluding hydrogens is 639 g/mol. The van der Waals surface area contributed by atoms with Crippen molar-refractivity contribution in [2.24, 2.45) is 0 Å². The lowest BCUT2D eigenvalue weighted by atomic mass is 9.93. The summed E-state index contributed by atoms with van der Waals surface area (Å²) in [6.07, 6.45) is 0. The summed E-state index contributed by atoms with van der Waals surface area (Å²) < 4.78 is 0. The van der Waals surface area contributed by atoms with Crippen LogP contribution in [0, 0.1) is 0 Å². The molecule has 250 valence electrons. The van der Waals surface area contributed by atoms with E-state index in [9.17, 15) is 0 Å². The molecule has 1 nitrogen and oxygen atoms in total. The van der Waals surface area contributed by atoms with Gasteiger partial charge in [0.25, 0.3) is 0 Å². The van der Waals surface area contributed by atoms with Crippen molar-refractivity contribution in [2.45, 2.75) is 0 Å². The molecule has 0 aliphatic heterocycles. The van der Waals surface area contributed by atoms with Gasteiger partial charge in [-0.15, -0.1) is 0 Å². The lowest BCUT2D eigenvalue weighted by molar-refractivity contribution is 1.28. The third kappa shape index (κ3) is 6.53. The maximum Gasteiger partial charge on any atom is 0.0540 e. The number of fused-ring (bicyclic) bond motifs is 1. The predicted octanol–water partition coefficient (Wildman–Crippen LogP) is 14.6. The molecule has 0 saturated carbocycles. The Morgan fingerprint density at radius 3 is 1.38 bits per heavy atom. The molecule has 53 heavy (non-hydrogen) atoms. The summed E-state index contributed by atoms with van der Waals surface area (Å²) in [6, 6.07) is 80.8. The Morgan fingerprint density at radius 1 is 0.245 bits per heavy atom. The minimum Gasteiger partial charge on any atom is -0.310 e. The van der Waals surface area contributed by atoms with Crippen LogP contribution in [0.15, 0.2) is 224 Å². The zero-order valence-electron chi connectivity index (χ0n) is 29.3. The fourth-order valence-electron chi connectivity index (χ4n) is 7.44. The van der Waals surface area contributed by atoms with E-state index in [0.29, 0.717) is 0 Å². The van der Waals surface area contributed by atoms with Gasteiger partial charge in [-0.1, -0.05) is 176 Å². The van der Waals surface area contributed by atoms with Crippen LogP contribution >= 0.6 is 0 Å². The molecule has 0 fully saturated rings. The summed E-state index contributed by atoms with van der Waals surface area (Å²) in [4.78, 5) is 2.40. The zero-order chi connectivity index (χ0) is 35.4. The average molecular weight is 676 g/mol. The minimum atomic E-state index is 1.09. The summed E-state index contributed by atoms with van der Waals surface area (Å²) in [5.41, 5.74) is 15.3. The number of nitrogens with zero attached hydrogens (tertiary/aromatic N) is 1. The highest BCUT2D eigenvalue weighted by atomic mass is 15.1. The Morgan fingerprint density at radius 2 is 0.717 bits per heavy atom. The number of hydrogen-bond donors (Lipinski definition) is 0. The van der Waals surface area contributed by atoms with Gasteiger partial charge in [0.15, 0.2) is 0 Å². The molecule has 9 rings (SSSR count). The van der Waals surface area contributed by atoms with Gasteiger partial charge in [0.05, 0.1) is 5.69 Å². The van der Waals surface area contributed by atoms with Crippen LogP contribution < -0.4 is 4.90 Å². The second-order valence-corrected chi connectivity index (χ2v) is 13.4. The molecule has 0 amide bonds. The first-order valence-electron chi connectivity index (χ1n) is 18.2. The first kappa shape index (κ1) is 32.0. The smallest absolute Gasteiger partial charge is 0.0540 e. The first-order chi connectivity index (χ1) is 26.3. The number of anilines is 3. The van der Waals surface area contributed by atoms with Gasteiger partial charge < -0.3 is 4.90 Å². The highest BCUT2D eigenvalue weighted by molar-refractivity contribution is 5.98. The molecule has 0 bridgehead atoms. The molecule has 0 N–H and O–H groups in total. The summed E-state index contributed by atoms with van der Waals surface area (Å²) in [6.45, 7) is 0. The van der Waals surface area contributed by atoms with Crippen molar-refractivity contribution in [3.63, 3.8) is 0 Å². The molecule has 9 aromatic rings. The van der Waals surface area contributed by atoms with E-state index in [-0.39, 0.29) is 0 Å². The lowest BCUT2D eigenvalue weighted by Crippen LogP contribution is -2.11. The highest BCUT2D eigenvalue weighted by Crippen LogP contribution is 2.43. The molecule has 0 radical (unpaired) electrons. The van der Waals surface area contributed by atoms with Crippen LogP contribution in [0.25, 0.3) is 66.4 Å². The van der Waals surface area contributed by atoms with E-state index in [1.807, 2.05) is 0 Å². The van der Waals surface area contributed by atoms with E-state index < -0.39 is 0 Å². The van der Waals surface area contributed by atoms with E-state index in [1.165, 1.54) is 66.4 Å². The van der Waals surface area contributed by atoms with E-state index in [0.717, 1.165) is 17.1 Å². The van der Waals surface area contributed by atoms with Crippen molar-refractivity contribution < 1.29 is 0 Å². The Kier molecular flexibility index (Phi) is 8.66. The normalized spacial score (nSPS) is 11.0. The molecule has 0 heterocycles. The lowest BCUT2D eigenvalue weighted by Gasteiger charge is -2.28. The molecule has 1 heteroatoms. The Hall–Kier alpha value is -6.96. The van der Waals surface area contributed by atoms with Gasteiger partial charge in [-0.05, 0) is 109 Å². The van der Waals surface area contributed by atoms with Crippen molar-refractivity contribution in [1.82, 2.24) is 0 Å². The van der Waals surface area contributed by atoms with Crippen LogP contribution in [0.5, 0.6) is 0 Å². The first-order valence-corrected chi connectivity index (χ1v) is 18.2. The number of benzene rings is 9. The fourth-order valence-corrected chi connectivity index (χ4v) is 7.44. The SMILES string of the molecule is c1ccc(-c2cc(-c3ccccc3)cc(-c3ccc(N(c4cccc(-c5cccc6ccccc56)c4)c4ccccc4-c4ccccc4)cc3)c2)cc1. The average Bonchev–Trinajstić information content (AvgIpc) is 3.25. The van der Waals surface area contributed by atoms with Gasteiger partial charge in [-0.25, -0.2) is 0 Å². The largest absolute Gasteiger partial charge is 0.310 e. The second kappa shape index (κ2) is 14.3.